The third kappa shape index (κ3) is 5.97. The van der Waals surface area contributed by atoms with E-state index in [9.17, 15) is 4.79 Å². The van der Waals surface area contributed by atoms with E-state index in [-0.39, 0.29) is 18.4 Å². The van der Waals surface area contributed by atoms with Crippen molar-refractivity contribution in [2.24, 2.45) is 10.7 Å². The first kappa shape index (κ1) is 19.7. The number of aliphatic imine (C=N–C) groups is 1. The van der Waals surface area contributed by atoms with E-state index in [1.54, 1.807) is 44.6 Å². The number of rotatable bonds is 7. The van der Waals surface area contributed by atoms with E-state index < -0.39 is 0 Å². The maximum atomic E-state index is 12.0. The number of hydrogen-bond acceptors (Lipinski definition) is 4. The lowest BCUT2D eigenvalue weighted by atomic mass is 10.2. The number of carbonyl (C=O) groups excluding carboxylic acids is 1. The number of carbonyl (C=O) groups is 1. The molecule has 0 aliphatic rings. The molecule has 0 atom stereocenters. The molecule has 0 heterocycles. The van der Waals surface area contributed by atoms with Crippen LogP contribution in [0.3, 0.4) is 0 Å². The molecule has 2 aromatic rings. The van der Waals surface area contributed by atoms with Crippen LogP contribution in [0.15, 0.2) is 47.5 Å². The molecule has 0 unspecified atom stereocenters. The molecule has 4 N–H and O–H groups in total. The van der Waals surface area contributed by atoms with E-state index in [1.165, 1.54) is 0 Å². The Balaban J connectivity index is 1.86. The summed E-state index contributed by atoms with van der Waals surface area (Å²) in [5.74, 6) is 3.68. The van der Waals surface area contributed by atoms with Crippen molar-refractivity contribution in [2.75, 3.05) is 26.1 Å². The van der Waals surface area contributed by atoms with Crippen molar-refractivity contribution in [1.29, 1.82) is 0 Å². The van der Waals surface area contributed by atoms with Crippen molar-refractivity contribution < 1.29 is 14.3 Å². The Hall–Kier alpha value is -3.66. The first-order valence-electron chi connectivity index (χ1n) is 8.17. The molecular formula is C20H22N4O3. The van der Waals surface area contributed by atoms with E-state index in [0.717, 1.165) is 5.56 Å². The number of nitrogens with zero attached hydrogens (tertiary/aromatic N) is 1. The van der Waals surface area contributed by atoms with E-state index >= 15 is 0 Å². The summed E-state index contributed by atoms with van der Waals surface area (Å²) < 4.78 is 10.4. The molecule has 0 fully saturated rings. The Bertz CT molecular complexity index is 872. The number of terminal acetylenes is 1. The van der Waals surface area contributed by atoms with Crippen molar-refractivity contribution in [3.05, 3.63) is 53.6 Å². The summed E-state index contributed by atoms with van der Waals surface area (Å²) >= 11 is 0. The van der Waals surface area contributed by atoms with Crippen molar-refractivity contribution in [3.8, 4) is 23.8 Å². The van der Waals surface area contributed by atoms with Gasteiger partial charge >= 0.3 is 0 Å². The van der Waals surface area contributed by atoms with Crippen LogP contribution in [0.5, 0.6) is 11.5 Å². The number of nitrogens with one attached hydrogen (secondary N) is 2. The van der Waals surface area contributed by atoms with E-state index in [1.807, 2.05) is 12.1 Å². The van der Waals surface area contributed by atoms with Crippen molar-refractivity contribution in [1.82, 2.24) is 5.32 Å². The number of hydrogen-bond donors (Lipinski definition) is 3. The van der Waals surface area contributed by atoms with Crippen molar-refractivity contribution in [2.45, 2.75) is 6.54 Å². The van der Waals surface area contributed by atoms with Gasteiger partial charge < -0.3 is 25.8 Å². The lowest BCUT2D eigenvalue weighted by Gasteiger charge is -2.09. The number of methoxy groups -OCH3 is 2. The first-order valence-corrected chi connectivity index (χ1v) is 8.17. The minimum Gasteiger partial charge on any atom is -0.493 e. The van der Waals surface area contributed by atoms with Crippen LogP contribution in [0, 0.1) is 12.3 Å². The molecule has 0 aromatic heterocycles. The van der Waals surface area contributed by atoms with Gasteiger partial charge in [0.2, 0.25) is 5.91 Å². The maximum Gasteiger partial charge on any atom is 0.243 e. The molecule has 0 aliphatic heterocycles. The van der Waals surface area contributed by atoms with E-state index in [2.05, 4.69) is 21.5 Å². The molecule has 1 amide bonds. The highest BCUT2D eigenvalue weighted by Crippen LogP contribution is 2.27. The largest absolute Gasteiger partial charge is 0.493 e. The molecule has 0 aliphatic carbocycles. The zero-order valence-corrected chi connectivity index (χ0v) is 15.3. The number of amides is 1. The fourth-order valence-corrected chi connectivity index (χ4v) is 2.27. The van der Waals surface area contributed by atoms with Crippen molar-refractivity contribution >= 4 is 17.6 Å². The van der Waals surface area contributed by atoms with Gasteiger partial charge in [-0.25, -0.2) is 4.99 Å². The van der Waals surface area contributed by atoms with E-state index in [4.69, 9.17) is 21.6 Å². The van der Waals surface area contributed by atoms with Crippen LogP contribution in [0.2, 0.25) is 0 Å². The van der Waals surface area contributed by atoms with Crippen LogP contribution in [0.25, 0.3) is 0 Å². The van der Waals surface area contributed by atoms with Gasteiger partial charge in [-0.05, 0) is 35.9 Å². The molecule has 140 valence electrons. The van der Waals surface area contributed by atoms with Crippen LogP contribution in [-0.4, -0.2) is 32.6 Å². The quantitative estimate of drug-likeness (QED) is 0.394. The molecule has 0 saturated carbocycles. The van der Waals surface area contributed by atoms with Gasteiger partial charge in [0.1, 0.15) is 0 Å². The number of benzene rings is 2. The Morgan fingerprint density at radius 1 is 1.19 bits per heavy atom. The molecule has 0 spiro atoms. The monoisotopic (exact) mass is 366 g/mol. The fourth-order valence-electron chi connectivity index (χ4n) is 2.27. The van der Waals surface area contributed by atoms with Crippen molar-refractivity contribution in [3.63, 3.8) is 0 Å². The topological polar surface area (TPSA) is 98.0 Å². The molecule has 0 radical (unpaired) electrons. The van der Waals surface area contributed by atoms with Gasteiger partial charge in [-0.3, -0.25) is 4.79 Å². The molecule has 7 nitrogen and oxygen atoms in total. The Labute approximate surface area is 158 Å². The number of ether oxygens (including phenoxy) is 2. The maximum absolute atomic E-state index is 12.0. The summed E-state index contributed by atoms with van der Waals surface area (Å²) in [5, 5.41) is 5.51. The van der Waals surface area contributed by atoms with E-state index in [0.29, 0.717) is 29.3 Å². The van der Waals surface area contributed by atoms with Crippen LogP contribution < -0.4 is 25.8 Å². The molecule has 27 heavy (non-hydrogen) atoms. The summed E-state index contributed by atoms with van der Waals surface area (Å²) in [6, 6.07) is 12.5. The minimum atomic E-state index is -0.256. The van der Waals surface area contributed by atoms with Gasteiger partial charge in [0.25, 0.3) is 0 Å². The highest BCUT2D eigenvalue weighted by molar-refractivity contribution is 5.94. The Morgan fingerprint density at radius 3 is 2.67 bits per heavy atom. The van der Waals surface area contributed by atoms with Crippen LogP contribution in [0.4, 0.5) is 5.69 Å². The average molecular weight is 366 g/mol. The number of anilines is 1. The second kappa shape index (κ2) is 9.73. The van der Waals surface area contributed by atoms with Gasteiger partial charge in [0.05, 0.1) is 27.3 Å². The summed E-state index contributed by atoms with van der Waals surface area (Å²) in [6.45, 7) is 0.326. The van der Waals surface area contributed by atoms with Gasteiger partial charge in [-0.1, -0.05) is 18.1 Å². The minimum absolute atomic E-state index is 0.0124. The molecular weight excluding hydrogens is 344 g/mol. The third-order valence-electron chi connectivity index (χ3n) is 3.62. The first-order chi connectivity index (χ1) is 13.0. The van der Waals surface area contributed by atoms with Gasteiger partial charge in [-0.15, -0.1) is 6.42 Å². The SMILES string of the molecule is C#Cc1cccc(NC(=O)CNC(N)=NCc2ccc(OC)c(OC)c2)c1. The highest BCUT2D eigenvalue weighted by atomic mass is 16.5. The standard InChI is InChI=1S/C20H22N4O3/c1-4-14-6-5-7-16(10-14)24-19(25)13-23-20(21)22-12-15-8-9-17(26-2)18(11-15)27-3/h1,5-11H,12-13H2,2-3H3,(H,24,25)(H3,21,22,23). The zero-order valence-electron chi connectivity index (χ0n) is 15.3. The molecule has 0 bridgehead atoms. The predicted octanol–water partition coefficient (Wildman–Crippen LogP) is 1.73. The third-order valence-corrected chi connectivity index (χ3v) is 3.62. The Kier molecular flexibility index (Phi) is 7.08. The van der Waals surface area contributed by atoms with Gasteiger partial charge in [0, 0.05) is 11.3 Å². The van der Waals surface area contributed by atoms with Gasteiger partial charge in [-0.2, -0.15) is 0 Å². The average Bonchev–Trinajstić information content (AvgIpc) is 2.70. The smallest absolute Gasteiger partial charge is 0.243 e. The molecule has 2 aromatic carbocycles. The van der Waals surface area contributed by atoms with Gasteiger partial charge in [0.15, 0.2) is 17.5 Å². The van der Waals surface area contributed by atoms with Crippen LogP contribution >= 0.6 is 0 Å². The zero-order chi connectivity index (χ0) is 19.6. The lowest BCUT2D eigenvalue weighted by Crippen LogP contribution is -2.37. The molecule has 7 heteroatoms. The highest BCUT2D eigenvalue weighted by Gasteiger charge is 2.05. The number of nitrogens with two attached hydrogens (primary N) is 1. The molecule has 2 rings (SSSR count). The summed E-state index contributed by atoms with van der Waals surface area (Å²) in [7, 11) is 3.14. The summed E-state index contributed by atoms with van der Waals surface area (Å²) in [4.78, 5) is 16.2. The predicted molar refractivity (Wildman–Crippen MR) is 106 cm³/mol. The normalized spacial score (nSPS) is 10.6. The second-order valence-electron chi connectivity index (χ2n) is 5.52. The lowest BCUT2D eigenvalue weighted by molar-refractivity contribution is -0.115. The van der Waals surface area contributed by atoms with Crippen LogP contribution in [-0.2, 0) is 11.3 Å². The summed E-state index contributed by atoms with van der Waals surface area (Å²) in [5.41, 5.74) is 8.02. The Morgan fingerprint density at radius 2 is 1.96 bits per heavy atom. The van der Waals surface area contributed by atoms with Crippen LogP contribution in [0.1, 0.15) is 11.1 Å². The molecule has 0 saturated heterocycles. The fraction of sp³-hybridized carbons (Fsp3) is 0.200. The summed E-state index contributed by atoms with van der Waals surface area (Å²) in [6.07, 6.45) is 5.34. The second-order valence-corrected chi connectivity index (χ2v) is 5.52. The number of guanidine groups is 1.